The van der Waals surface area contributed by atoms with E-state index >= 15 is 0 Å². The van der Waals surface area contributed by atoms with E-state index in [9.17, 15) is 9.90 Å². The van der Waals surface area contributed by atoms with E-state index in [1.807, 2.05) is 24.3 Å². The van der Waals surface area contributed by atoms with Crippen LogP contribution in [-0.2, 0) is 6.54 Å². The lowest BCUT2D eigenvalue weighted by atomic mass is 10.1. The molecule has 1 atom stereocenters. The van der Waals surface area contributed by atoms with Crippen molar-refractivity contribution in [3.63, 3.8) is 0 Å². The van der Waals surface area contributed by atoms with E-state index in [-0.39, 0.29) is 17.7 Å². The number of H-pyrrole nitrogens is 1. The molecule has 1 saturated heterocycles. The Morgan fingerprint density at radius 3 is 3.09 bits per heavy atom. The van der Waals surface area contributed by atoms with Gasteiger partial charge in [-0.15, -0.1) is 0 Å². The van der Waals surface area contributed by atoms with Crippen molar-refractivity contribution in [1.82, 2.24) is 14.9 Å². The van der Waals surface area contributed by atoms with E-state index in [4.69, 9.17) is 4.42 Å². The quantitative estimate of drug-likeness (QED) is 0.765. The van der Waals surface area contributed by atoms with Gasteiger partial charge in [-0.2, -0.15) is 0 Å². The lowest BCUT2D eigenvalue weighted by molar-refractivity contribution is 0.219. The van der Waals surface area contributed by atoms with E-state index in [0.29, 0.717) is 29.4 Å². The number of para-hydroxylation sites is 1. The minimum absolute atomic E-state index is 0.214. The molecule has 1 unspecified atom stereocenters. The third-order valence-electron chi connectivity index (χ3n) is 4.28. The lowest BCUT2D eigenvalue weighted by Gasteiger charge is -2.14. The number of benzene rings is 1. The van der Waals surface area contributed by atoms with Crippen molar-refractivity contribution in [2.75, 3.05) is 19.7 Å². The number of likely N-dealkylation sites (tertiary alicyclic amines) is 1. The Morgan fingerprint density at radius 2 is 2.27 bits per heavy atom. The summed E-state index contributed by atoms with van der Waals surface area (Å²) in [5.74, 6) is 0.966. The predicted octanol–water partition coefficient (Wildman–Crippen LogP) is 1.48. The van der Waals surface area contributed by atoms with Crippen LogP contribution in [0.3, 0.4) is 0 Å². The third-order valence-corrected chi connectivity index (χ3v) is 4.28. The number of hydrogen-bond donors (Lipinski definition) is 2. The second-order valence-electron chi connectivity index (χ2n) is 5.86. The van der Waals surface area contributed by atoms with Gasteiger partial charge < -0.3 is 14.5 Å². The number of nitrogens with zero attached hydrogens (tertiary/aromatic N) is 2. The van der Waals surface area contributed by atoms with Crippen molar-refractivity contribution in [3.8, 4) is 0 Å². The smallest absolute Gasteiger partial charge is 0.294 e. The van der Waals surface area contributed by atoms with Crippen LogP contribution in [-0.4, -0.2) is 39.7 Å². The SMILES string of the molecule is O=c1[nH]c(CN2CCC(CO)C2)nc2c1oc1ccccc12. The fraction of sp³-hybridized carbons (Fsp3) is 0.375. The maximum Gasteiger partial charge on any atom is 0.294 e. The van der Waals surface area contributed by atoms with Crippen LogP contribution in [0, 0.1) is 5.92 Å². The van der Waals surface area contributed by atoms with Crippen molar-refractivity contribution in [2.45, 2.75) is 13.0 Å². The van der Waals surface area contributed by atoms with Gasteiger partial charge in [0.15, 0.2) is 0 Å². The van der Waals surface area contributed by atoms with Crippen LogP contribution in [0.15, 0.2) is 33.5 Å². The van der Waals surface area contributed by atoms with E-state index in [1.165, 1.54) is 0 Å². The first kappa shape index (κ1) is 13.5. The molecule has 6 nitrogen and oxygen atoms in total. The van der Waals surface area contributed by atoms with Gasteiger partial charge in [0.2, 0.25) is 5.58 Å². The fourth-order valence-corrected chi connectivity index (χ4v) is 3.14. The molecule has 0 radical (unpaired) electrons. The van der Waals surface area contributed by atoms with E-state index in [2.05, 4.69) is 14.9 Å². The van der Waals surface area contributed by atoms with Gasteiger partial charge in [0.05, 0.1) is 6.54 Å². The first-order valence-corrected chi connectivity index (χ1v) is 7.48. The molecule has 1 aliphatic heterocycles. The summed E-state index contributed by atoms with van der Waals surface area (Å²) in [6.45, 7) is 2.55. The fourth-order valence-electron chi connectivity index (χ4n) is 3.14. The molecule has 22 heavy (non-hydrogen) atoms. The second-order valence-corrected chi connectivity index (χ2v) is 5.86. The van der Waals surface area contributed by atoms with Crippen LogP contribution in [0.5, 0.6) is 0 Å². The highest BCUT2D eigenvalue weighted by molar-refractivity contribution is 6.01. The normalized spacial score (nSPS) is 19.4. The molecule has 0 bridgehead atoms. The zero-order valence-electron chi connectivity index (χ0n) is 12.1. The van der Waals surface area contributed by atoms with E-state index in [1.54, 1.807) is 0 Å². The van der Waals surface area contributed by atoms with Crippen LogP contribution in [0.25, 0.3) is 22.1 Å². The topological polar surface area (TPSA) is 82.4 Å². The molecule has 2 N–H and O–H groups in total. The number of rotatable bonds is 3. The largest absolute Gasteiger partial charge is 0.449 e. The third kappa shape index (κ3) is 2.20. The number of aromatic amines is 1. The first-order valence-electron chi connectivity index (χ1n) is 7.48. The summed E-state index contributed by atoms with van der Waals surface area (Å²) in [5.41, 5.74) is 1.33. The van der Waals surface area contributed by atoms with Crippen LogP contribution in [0.2, 0.25) is 0 Å². The van der Waals surface area contributed by atoms with Crippen molar-refractivity contribution >= 4 is 22.1 Å². The highest BCUT2D eigenvalue weighted by atomic mass is 16.3. The standard InChI is InChI=1S/C16H17N3O3/c20-9-10-5-6-19(7-10)8-13-17-14-11-3-1-2-4-12(11)22-15(14)16(21)18-13/h1-4,10,20H,5-9H2,(H,17,18,21). The van der Waals surface area contributed by atoms with Gasteiger partial charge in [0.25, 0.3) is 5.56 Å². The molecule has 2 aromatic heterocycles. The van der Waals surface area contributed by atoms with Crippen LogP contribution >= 0.6 is 0 Å². The summed E-state index contributed by atoms with van der Waals surface area (Å²) in [7, 11) is 0. The first-order chi connectivity index (χ1) is 10.7. The van der Waals surface area contributed by atoms with Gasteiger partial charge in [-0.25, -0.2) is 4.98 Å². The van der Waals surface area contributed by atoms with Crippen molar-refractivity contribution in [2.24, 2.45) is 5.92 Å². The van der Waals surface area contributed by atoms with Gasteiger partial charge in [0, 0.05) is 18.5 Å². The minimum Gasteiger partial charge on any atom is -0.449 e. The highest BCUT2D eigenvalue weighted by Crippen LogP contribution is 2.25. The Balaban J connectivity index is 1.73. The number of fused-ring (bicyclic) bond motifs is 3. The predicted molar refractivity (Wildman–Crippen MR) is 82.6 cm³/mol. The number of nitrogens with one attached hydrogen (secondary N) is 1. The highest BCUT2D eigenvalue weighted by Gasteiger charge is 2.23. The molecule has 114 valence electrons. The van der Waals surface area contributed by atoms with Gasteiger partial charge in [-0.3, -0.25) is 9.69 Å². The van der Waals surface area contributed by atoms with Gasteiger partial charge in [-0.1, -0.05) is 12.1 Å². The van der Waals surface area contributed by atoms with E-state index < -0.39 is 0 Å². The summed E-state index contributed by atoms with van der Waals surface area (Å²) in [6.07, 6.45) is 0.984. The van der Waals surface area contributed by atoms with Crippen LogP contribution in [0.4, 0.5) is 0 Å². The Hall–Kier alpha value is -2.18. The molecule has 6 heteroatoms. The van der Waals surface area contributed by atoms with E-state index in [0.717, 1.165) is 24.9 Å². The molecule has 0 spiro atoms. The molecule has 0 saturated carbocycles. The van der Waals surface area contributed by atoms with Gasteiger partial charge >= 0.3 is 0 Å². The lowest BCUT2D eigenvalue weighted by Crippen LogP contribution is -2.24. The Labute approximate surface area is 126 Å². The number of hydrogen-bond acceptors (Lipinski definition) is 5. The zero-order chi connectivity index (χ0) is 15.1. The summed E-state index contributed by atoms with van der Waals surface area (Å²) in [6, 6.07) is 7.53. The number of aromatic nitrogens is 2. The molecule has 1 fully saturated rings. The number of aliphatic hydroxyl groups is 1. The second kappa shape index (κ2) is 5.23. The molecule has 3 aromatic rings. The summed E-state index contributed by atoms with van der Waals surface area (Å²) >= 11 is 0. The maximum atomic E-state index is 12.2. The summed E-state index contributed by atoms with van der Waals surface area (Å²) < 4.78 is 5.59. The summed E-state index contributed by atoms with van der Waals surface area (Å²) in [5, 5.41) is 10.1. The van der Waals surface area contributed by atoms with Crippen LogP contribution < -0.4 is 5.56 Å². The zero-order valence-corrected chi connectivity index (χ0v) is 12.1. The Kier molecular flexibility index (Phi) is 3.20. The molecule has 4 rings (SSSR count). The molecule has 3 heterocycles. The minimum atomic E-state index is -0.242. The summed E-state index contributed by atoms with van der Waals surface area (Å²) in [4.78, 5) is 21.8. The number of aliphatic hydroxyl groups excluding tert-OH is 1. The van der Waals surface area contributed by atoms with Gasteiger partial charge in [-0.05, 0) is 31.0 Å². The molecular weight excluding hydrogens is 282 g/mol. The Morgan fingerprint density at radius 1 is 1.41 bits per heavy atom. The van der Waals surface area contributed by atoms with Crippen molar-refractivity contribution in [3.05, 3.63) is 40.4 Å². The molecular formula is C16H17N3O3. The van der Waals surface area contributed by atoms with Crippen molar-refractivity contribution < 1.29 is 9.52 Å². The molecule has 0 amide bonds. The Bertz CT molecular complexity index is 883. The monoisotopic (exact) mass is 299 g/mol. The number of furan rings is 1. The maximum absolute atomic E-state index is 12.2. The molecule has 1 aromatic carbocycles. The van der Waals surface area contributed by atoms with Gasteiger partial charge in [0.1, 0.15) is 16.9 Å². The average molecular weight is 299 g/mol. The van der Waals surface area contributed by atoms with Crippen molar-refractivity contribution in [1.29, 1.82) is 0 Å². The van der Waals surface area contributed by atoms with Crippen LogP contribution in [0.1, 0.15) is 12.2 Å². The average Bonchev–Trinajstić information content (AvgIpc) is 3.12. The molecule has 1 aliphatic rings. The molecule has 0 aliphatic carbocycles.